The molecule has 1 amide bonds. The van der Waals surface area contributed by atoms with Gasteiger partial charge in [0, 0.05) is 66.3 Å². The number of piperazine rings is 1. The Balaban J connectivity index is 1.69. The van der Waals surface area contributed by atoms with Gasteiger partial charge in [-0.25, -0.2) is 0 Å². The normalized spacial score (nSPS) is 29.4. The molecule has 0 saturated carbocycles. The smallest absolute Gasteiger partial charge is 0.280 e. The van der Waals surface area contributed by atoms with Crippen molar-refractivity contribution in [2.24, 2.45) is 0 Å². The molecule has 2 aliphatic carbocycles. The van der Waals surface area contributed by atoms with E-state index in [1.54, 1.807) is 14.0 Å². The number of ether oxygens (including phenoxy) is 4. The SMILES string of the molecule is COC1=C(C)C(=O)C2=C(C1=O)[C@@H]1[C@@H]3CC4=C(C(=O)C(OC)=C(C)C4=O)[C@H](CNC(=O)C(C)(OC)OC)N3[C@@H](C#N)[C@H](C2)N1C. The van der Waals surface area contributed by atoms with Crippen LogP contribution >= 0.6 is 0 Å². The predicted molar refractivity (Wildman–Crippen MR) is 152 cm³/mol. The van der Waals surface area contributed by atoms with Crippen molar-refractivity contribution in [3.8, 4) is 6.07 Å². The number of hydrogen-bond acceptors (Lipinski definition) is 12. The van der Waals surface area contributed by atoms with Gasteiger partial charge in [0.25, 0.3) is 5.91 Å². The molecule has 1 saturated heterocycles. The van der Waals surface area contributed by atoms with Crippen LogP contribution in [-0.2, 0) is 42.9 Å². The molecule has 5 aliphatic rings. The van der Waals surface area contributed by atoms with E-state index in [1.807, 2.05) is 9.80 Å². The van der Waals surface area contributed by atoms with Crippen LogP contribution in [-0.4, -0.2) is 117 Å². The number of fused-ring (bicyclic) bond motifs is 5. The Bertz CT molecular complexity index is 1560. The lowest BCUT2D eigenvalue weighted by molar-refractivity contribution is -0.201. The van der Waals surface area contributed by atoms with E-state index < -0.39 is 59.3 Å². The number of amides is 1. The second-order valence-electron chi connectivity index (χ2n) is 11.7. The topological polar surface area (TPSA) is 165 Å². The number of hydrogen-bond donors (Lipinski definition) is 1. The zero-order chi connectivity index (χ0) is 32.4. The summed E-state index contributed by atoms with van der Waals surface area (Å²) in [5, 5.41) is 13.4. The van der Waals surface area contributed by atoms with E-state index in [4.69, 9.17) is 18.9 Å². The molecule has 44 heavy (non-hydrogen) atoms. The molecule has 2 bridgehead atoms. The van der Waals surface area contributed by atoms with Gasteiger partial charge in [-0.3, -0.25) is 33.8 Å². The van der Waals surface area contributed by atoms with E-state index in [-0.39, 0.29) is 64.6 Å². The van der Waals surface area contributed by atoms with Gasteiger partial charge in [0.05, 0.1) is 32.4 Å². The van der Waals surface area contributed by atoms with Gasteiger partial charge in [0.1, 0.15) is 6.04 Å². The van der Waals surface area contributed by atoms with Gasteiger partial charge in [0.2, 0.25) is 17.4 Å². The molecule has 0 spiro atoms. The fourth-order valence-electron chi connectivity index (χ4n) is 7.43. The van der Waals surface area contributed by atoms with Crippen molar-refractivity contribution in [1.29, 1.82) is 5.26 Å². The minimum atomic E-state index is -1.64. The first-order chi connectivity index (χ1) is 20.8. The number of ketones is 4. The van der Waals surface area contributed by atoms with Crippen LogP contribution in [0.15, 0.2) is 45.0 Å². The summed E-state index contributed by atoms with van der Waals surface area (Å²) in [7, 11) is 7.06. The molecule has 234 valence electrons. The van der Waals surface area contributed by atoms with Crippen molar-refractivity contribution >= 4 is 29.0 Å². The van der Waals surface area contributed by atoms with Gasteiger partial charge < -0.3 is 24.3 Å². The summed E-state index contributed by atoms with van der Waals surface area (Å²) < 4.78 is 21.2. The molecule has 5 atom stereocenters. The minimum absolute atomic E-state index is 0.0235. The molecule has 3 aliphatic heterocycles. The molecule has 1 N–H and O–H groups in total. The standard InChI is InChI=1S/C31H36N4O9/c1-13-24(36)15-10-18-23-22-16(25(37)14(2)29(42-6)27(22)39)9-17(34(23)4)19(11-32)35(18)20(21(15)26(38)28(13)41-5)12-33-30(40)31(3,43-7)44-8/h17-20,23H,9-10,12H2,1-8H3,(H,33,40)/t17-,18-,19-,20-,23-/m0/s1. The summed E-state index contributed by atoms with van der Waals surface area (Å²) in [6.07, 6.45) is 0.143. The van der Waals surface area contributed by atoms with Crippen LogP contribution in [0.3, 0.4) is 0 Å². The van der Waals surface area contributed by atoms with E-state index in [2.05, 4.69) is 11.4 Å². The zero-order valence-corrected chi connectivity index (χ0v) is 26.0. The van der Waals surface area contributed by atoms with Crippen LogP contribution in [0.4, 0.5) is 0 Å². The fraction of sp³-hybridized carbons (Fsp3) is 0.548. The maximum absolute atomic E-state index is 13.9. The highest BCUT2D eigenvalue weighted by Gasteiger charge is 2.60. The van der Waals surface area contributed by atoms with Gasteiger partial charge in [-0.2, -0.15) is 5.26 Å². The third kappa shape index (κ3) is 4.23. The third-order valence-corrected chi connectivity index (χ3v) is 9.86. The van der Waals surface area contributed by atoms with Gasteiger partial charge in [-0.05, 0) is 40.7 Å². The zero-order valence-electron chi connectivity index (χ0n) is 26.0. The number of Topliss-reactive ketones (excluding diaryl/α,β-unsaturated/α-hetero) is 4. The number of nitrogens with zero attached hydrogens (tertiary/aromatic N) is 3. The molecule has 0 aromatic heterocycles. The van der Waals surface area contributed by atoms with Crippen molar-refractivity contribution in [1.82, 2.24) is 15.1 Å². The molecular weight excluding hydrogens is 572 g/mol. The molecule has 0 radical (unpaired) electrons. The first kappa shape index (κ1) is 31.5. The summed E-state index contributed by atoms with van der Waals surface area (Å²) >= 11 is 0. The molecule has 13 nitrogen and oxygen atoms in total. The molecule has 0 unspecified atom stereocenters. The number of likely N-dealkylation sites (N-methyl/N-ethyl adjacent to an activating group) is 1. The van der Waals surface area contributed by atoms with Crippen molar-refractivity contribution in [3.05, 3.63) is 45.0 Å². The average Bonchev–Trinajstić information content (AvgIpc) is 3.01. The Kier molecular flexibility index (Phi) is 8.00. The van der Waals surface area contributed by atoms with Crippen LogP contribution in [0.1, 0.15) is 33.6 Å². The first-order valence-corrected chi connectivity index (χ1v) is 14.3. The maximum atomic E-state index is 13.9. The molecule has 5 rings (SSSR count). The molecule has 3 heterocycles. The van der Waals surface area contributed by atoms with Crippen LogP contribution in [0, 0.1) is 11.3 Å². The van der Waals surface area contributed by atoms with Crippen molar-refractivity contribution in [2.45, 2.75) is 69.6 Å². The summed E-state index contributed by atoms with van der Waals surface area (Å²) in [6.45, 7) is 4.30. The van der Waals surface area contributed by atoms with Crippen LogP contribution in [0.25, 0.3) is 0 Å². The number of methoxy groups -OCH3 is 4. The number of rotatable bonds is 7. The maximum Gasteiger partial charge on any atom is 0.280 e. The van der Waals surface area contributed by atoms with Crippen molar-refractivity contribution < 1.29 is 42.9 Å². The van der Waals surface area contributed by atoms with Crippen LogP contribution in [0.2, 0.25) is 0 Å². The minimum Gasteiger partial charge on any atom is -0.492 e. The van der Waals surface area contributed by atoms with Crippen LogP contribution in [0.5, 0.6) is 0 Å². The number of carbonyl (C=O) groups is 5. The average molecular weight is 609 g/mol. The summed E-state index contributed by atoms with van der Waals surface area (Å²) in [5.41, 5.74) is 1.30. The molecule has 0 aromatic rings. The second-order valence-corrected chi connectivity index (χ2v) is 11.7. The largest absolute Gasteiger partial charge is 0.492 e. The lowest BCUT2D eigenvalue weighted by atomic mass is 9.67. The first-order valence-electron chi connectivity index (χ1n) is 14.3. The van der Waals surface area contributed by atoms with Gasteiger partial charge >= 0.3 is 0 Å². The quantitative estimate of drug-likeness (QED) is 0.310. The third-order valence-electron chi connectivity index (χ3n) is 9.86. The highest BCUT2D eigenvalue weighted by molar-refractivity contribution is 6.26. The van der Waals surface area contributed by atoms with Crippen molar-refractivity contribution in [3.63, 3.8) is 0 Å². The summed E-state index contributed by atoms with van der Waals surface area (Å²) in [4.78, 5) is 72.1. The molecule has 1 fully saturated rings. The van der Waals surface area contributed by atoms with E-state index in [1.165, 1.54) is 42.3 Å². The Morgan fingerprint density at radius 2 is 1.39 bits per heavy atom. The van der Waals surface area contributed by atoms with Gasteiger partial charge in [-0.15, -0.1) is 0 Å². The molecule has 0 aromatic carbocycles. The number of carbonyl (C=O) groups excluding carboxylic acids is 5. The second kappa shape index (κ2) is 11.2. The summed E-state index contributed by atoms with van der Waals surface area (Å²) in [6, 6.07) is -1.40. The number of nitrogens with one attached hydrogen (secondary N) is 1. The Hall–Kier alpha value is -3.96. The van der Waals surface area contributed by atoms with E-state index in [0.717, 1.165) is 0 Å². The predicted octanol–water partition coefficient (Wildman–Crippen LogP) is 0.271. The number of nitriles is 1. The Labute approximate surface area is 255 Å². The van der Waals surface area contributed by atoms with Crippen molar-refractivity contribution in [2.75, 3.05) is 42.0 Å². The van der Waals surface area contributed by atoms with Crippen LogP contribution < -0.4 is 5.32 Å². The van der Waals surface area contributed by atoms with Gasteiger partial charge in [-0.1, -0.05) is 0 Å². The molecular formula is C31H36N4O9. The van der Waals surface area contributed by atoms with Gasteiger partial charge in [0.15, 0.2) is 23.1 Å². The monoisotopic (exact) mass is 608 g/mol. The number of allylic oxidation sites excluding steroid dienone is 4. The highest BCUT2D eigenvalue weighted by Crippen LogP contribution is 2.49. The lowest BCUT2D eigenvalue weighted by Crippen LogP contribution is -2.74. The van der Waals surface area contributed by atoms with E-state index in [9.17, 15) is 29.2 Å². The fourth-order valence-corrected chi connectivity index (χ4v) is 7.43. The van der Waals surface area contributed by atoms with E-state index >= 15 is 0 Å². The van der Waals surface area contributed by atoms with E-state index in [0.29, 0.717) is 5.57 Å². The Morgan fingerprint density at radius 3 is 1.89 bits per heavy atom. The summed E-state index contributed by atoms with van der Waals surface area (Å²) in [5.74, 6) is -4.06. The lowest BCUT2D eigenvalue weighted by Gasteiger charge is -2.60. The highest BCUT2D eigenvalue weighted by atomic mass is 16.7. The Morgan fingerprint density at radius 1 is 0.886 bits per heavy atom. The molecule has 13 heteroatoms.